The molecule has 0 fully saturated rings. The van der Waals surface area contributed by atoms with E-state index >= 15 is 0 Å². The van der Waals surface area contributed by atoms with Gasteiger partial charge in [-0.15, -0.1) is 0 Å². The first kappa shape index (κ1) is 9.60. The van der Waals surface area contributed by atoms with Crippen LogP contribution >= 0.6 is 15.9 Å². The molecular weight excluding hydrogens is 249 g/mol. The minimum atomic E-state index is -3.81. The van der Waals surface area contributed by atoms with Crippen molar-refractivity contribution in [2.75, 3.05) is 6.01 Å². The van der Waals surface area contributed by atoms with Gasteiger partial charge in [-0.1, -0.05) is 0 Å². The Hall–Kier alpha value is -0.490. The van der Waals surface area contributed by atoms with Crippen LogP contribution in [0.2, 0.25) is 0 Å². The highest BCUT2D eigenvalue weighted by molar-refractivity contribution is 9.10. The monoisotopic (exact) mass is 253 g/mol. The van der Waals surface area contributed by atoms with Crippen LogP contribution in [0, 0.1) is 0 Å². The Kier molecular flexibility index (Phi) is 2.79. The Morgan fingerprint density at radius 1 is 1.50 bits per heavy atom. The topological polar surface area (TPSA) is 47.0 Å². The van der Waals surface area contributed by atoms with E-state index in [2.05, 4.69) is 20.9 Å². The molecule has 6 heteroatoms. The van der Waals surface area contributed by atoms with Crippen molar-refractivity contribution >= 4 is 25.8 Å². The summed E-state index contributed by atoms with van der Waals surface area (Å²) >= 11 is 3.08. The smallest absolute Gasteiger partial charge is 0.224 e. The third-order valence-electron chi connectivity index (χ3n) is 1.16. The van der Waals surface area contributed by atoms with Gasteiger partial charge >= 0.3 is 0 Å². The predicted molar refractivity (Wildman–Crippen MR) is 45.1 cm³/mol. The number of rotatable bonds is 2. The number of hydrogen-bond acceptors (Lipinski definition) is 3. The number of nitrogens with zero attached hydrogens (tertiary/aromatic N) is 1. The first-order valence-electron chi connectivity index (χ1n) is 2.96. The molecule has 12 heavy (non-hydrogen) atoms. The van der Waals surface area contributed by atoms with E-state index in [-0.39, 0.29) is 5.03 Å². The fourth-order valence-electron chi connectivity index (χ4n) is 0.602. The summed E-state index contributed by atoms with van der Waals surface area (Å²) in [5.74, 6) is 0. The average molecular weight is 254 g/mol. The Balaban J connectivity index is 3.14. The molecule has 0 aliphatic heterocycles. The molecule has 0 radical (unpaired) electrons. The molecule has 0 atom stereocenters. The van der Waals surface area contributed by atoms with Crippen LogP contribution in [0.3, 0.4) is 0 Å². The average Bonchev–Trinajstić information content (AvgIpc) is 2.05. The first-order valence-corrected chi connectivity index (χ1v) is 5.41. The second-order valence-electron chi connectivity index (χ2n) is 2.04. The van der Waals surface area contributed by atoms with Crippen molar-refractivity contribution in [3.05, 3.63) is 22.8 Å². The molecule has 0 bridgehead atoms. The summed E-state index contributed by atoms with van der Waals surface area (Å²) in [7, 11) is -3.81. The molecule has 0 amide bonds. The molecule has 66 valence electrons. The molecule has 1 heterocycles. The second-order valence-corrected chi connectivity index (χ2v) is 4.82. The molecule has 0 saturated carbocycles. The quantitative estimate of drug-likeness (QED) is 0.804. The van der Waals surface area contributed by atoms with E-state index in [1.807, 2.05) is 0 Å². The van der Waals surface area contributed by atoms with Crippen LogP contribution in [0.5, 0.6) is 0 Å². The zero-order chi connectivity index (χ0) is 9.19. The molecule has 0 unspecified atom stereocenters. The first-order chi connectivity index (χ1) is 5.56. The highest BCUT2D eigenvalue weighted by Crippen LogP contribution is 2.12. The van der Waals surface area contributed by atoms with Crippen LogP contribution in [0.25, 0.3) is 0 Å². The maximum absolute atomic E-state index is 11.9. The van der Waals surface area contributed by atoms with Crippen LogP contribution in [0.1, 0.15) is 0 Å². The molecule has 0 aliphatic rings. The molecule has 0 N–H and O–H groups in total. The Morgan fingerprint density at radius 3 is 2.58 bits per heavy atom. The van der Waals surface area contributed by atoms with Crippen molar-refractivity contribution in [3.63, 3.8) is 0 Å². The fourth-order valence-corrected chi connectivity index (χ4v) is 1.44. The molecule has 1 rings (SSSR count). The highest BCUT2D eigenvalue weighted by atomic mass is 79.9. The molecule has 0 aliphatic carbocycles. The lowest BCUT2D eigenvalue weighted by atomic mass is 10.5. The van der Waals surface area contributed by atoms with Crippen LogP contribution in [-0.2, 0) is 9.84 Å². The largest absolute Gasteiger partial charge is 0.243 e. The van der Waals surface area contributed by atoms with Gasteiger partial charge in [-0.3, -0.25) is 0 Å². The van der Waals surface area contributed by atoms with Gasteiger partial charge in [0.05, 0.1) is 0 Å². The Morgan fingerprint density at radius 2 is 2.17 bits per heavy atom. The van der Waals surface area contributed by atoms with Gasteiger partial charge < -0.3 is 0 Å². The zero-order valence-corrected chi connectivity index (χ0v) is 8.27. The molecule has 3 nitrogen and oxygen atoms in total. The van der Waals surface area contributed by atoms with Crippen LogP contribution < -0.4 is 0 Å². The standard InChI is InChI=1S/C6H5BrFNO2S/c7-5-1-2-6(9-3-5)12(10,11)4-8/h1-3H,4H2. The number of pyridine rings is 1. The number of halogens is 2. The Labute approximate surface area is 77.7 Å². The van der Waals surface area contributed by atoms with E-state index in [0.29, 0.717) is 4.47 Å². The van der Waals surface area contributed by atoms with E-state index in [9.17, 15) is 12.8 Å². The van der Waals surface area contributed by atoms with Crippen molar-refractivity contribution in [1.82, 2.24) is 4.98 Å². The summed E-state index contributed by atoms with van der Waals surface area (Å²) in [4.78, 5) is 3.55. The lowest BCUT2D eigenvalue weighted by Crippen LogP contribution is -2.04. The van der Waals surface area contributed by atoms with Gasteiger partial charge in [0, 0.05) is 10.7 Å². The third-order valence-corrected chi connectivity index (χ3v) is 2.80. The lowest BCUT2D eigenvalue weighted by molar-refractivity contribution is 0.532. The van der Waals surface area contributed by atoms with Gasteiger partial charge in [0.1, 0.15) is 0 Å². The van der Waals surface area contributed by atoms with E-state index in [0.717, 1.165) is 0 Å². The molecule has 0 aromatic carbocycles. The van der Waals surface area contributed by atoms with E-state index in [4.69, 9.17) is 0 Å². The summed E-state index contributed by atoms with van der Waals surface area (Å²) in [5, 5.41) is -0.242. The van der Waals surface area contributed by atoms with Gasteiger partial charge in [0.25, 0.3) is 0 Å². The van der Waals surface area contributed by atoms with E-state index < -0.39 is 15.8 Å². The number of alkyl halides is 1. The lowest BCUT2D eigenvalue weighted by Gasteiger charge is -1.96. The number of hydrogen-bond donors (Lipinski definition) is 0. The fraction of sp³-hybridized carbons (Fsp3) is 0.167. The minimum absolute atomic E-state index is 0.242. The highest BCUT2D eigenvalue weighted by Gasteiger charge is 2.14. The van der Waals surface area contributed by atoms with E-state index in [1.165, 1.54) is 18.3 Å². The summed E-state index contributed by atoms with van der Waals surface area (Å²) < 4.78 is 34.3. The molecule has 0 saturated heterocycles. The van der Waals surface area contributed by atoms with Crippen LogP contribution in [0.4, 0.5) is 4.39 Å². The van der Waals surface area contributed by atoms with Crippen molar-refractivity contribution in [3.8, 4) is 0 Å². The number of aromatic nitrogens is 1. The van der Waals surface area contributed by atoms with Gasteiger partial charge in [-0.2, -0.15) is 0 Å². The summed E-state index contributed by atoms with van der Waals surface area (Å²) in [5.41, 5.74) is 0. The molecule has 1 aromatic rings. The second kappa shape index (κ2) is 3.49. The van der Waals surface area contributed by atoms with Gasteiger partial charge in [0.2, 0.25) is 9.84 Å². The summed E-state index contributed by atoms with van der Waals surface area (Å²) in [6.07, 6.45) is 1.31. The molecular formula is C6H5BrFNO2S. The normalized spacial score (nSPS) is 11.5. The SMILES string of the molecule is O=S(=O)(CF)c1ccc(Br)cn1. The van der Waals surface area contributed by atoms with E-state index in [1.54, 1.807) is 0 Å². The molecule has 0 spiro atoms. The van der Waals surface area contributed by atoms with Gasteiger partial charge in [0.15, 0.2) is 11.0 Å². The Bertz CT molecular complexity index is 362. The predicted octanol–water partition coefficient (Wildman–Crippen LogP) is 1.54. The summed E-state index contributed by atoms with van der Waals surface area (Å²) in [6.45, 7) is 0. The van der Waals surface area contributed by atoms with Crippen LogP contribution in [-0.4, -0.2) is 19.4 Å². The maximum atomic E-state index is 11.9. The van der Waals surface area contributed by atoms with Crippen LogP contribution in [0.15, 0.2) is 27.8 Å². The zero-order valence-electron chi connectivity index (χ0n) is 5.87. The summed E-state index contributed by atoms with van der Waals surface area (Å²) in [6, 6.07) is 1.33. The van der Waals surface area contributed by atoms with Gasteiger partial charge in [-0.05, 0) is 28.1 Å². The third kappa shape index (κ3) is 2.01. The molecule has 1 aromatic heterocycles. The maximum Gasteiger partial charge on any atom is 0.224 e. The number of sulfone groups is 1. The minimum Gasteiger partial charge on any atom is -0.243 e. The van der Waals surface area contributed by atoms with Crippen molar-refractivity contribution in [1.29, 1.82) is 0 Å². The van der Waals surface area contributed by atoms with Crippen molar-refractivity contribution in [2.24, 2.45) is 0 Å². The van der Waals surface area contributed by atoms with Crippen molar-refractivity contribution in [2.45, 2.75) is 5.03 Å². The van der Waals surface area contributed by atoms with Crippen molar-refractivity contribution < 1.29 is 12.8 Å². The van der Waals surface area contributed by atoms with Gasteiger partial charge in [-0.25, -0.2) is 17.8 Å².